The summed E-state index contributed by atoms with van der Waals surface area (Å²) in [5.41, 5.74) is -0.321. The Labute approximate surface area is 206 Å². The molecule has 2 nitrogen and oxygen atoms in total. The smallest absolute Gasteiger partial charge is 0.167 e. The van der Waals surface area contributed by atoms with Crippen LogP contribution in [0.15, 0.2) is 24.3 Å². The molecule has 0 radical (unpaired) electrons. The van der Waals surface area contributed by atoms with Crippen LogP contribution >= 0.6 is 0 Å². The first-order chi connectivity index (χ1) is 16.9. The third-order valence-corrected chi connectivity index (χ3v) is 7.61. The van der Waals surface area contributed by atoms with E-state index >= 15 is 17.6 Å². The third-order valence-electron chi connectivity index (χ3n) is 7.61. The van der Waals surface area contributed by atoms with Gasteiger partial charge in [0, 0.05) is 22.3 Å². The van der Waals surface area contributed by atoms with Gasteiger partial charge < -0.3 is 9.47 Å². The Morgan fingerprint density at radius 2 is 1.11 bits per heavy atom. The quantitative estimate of drug-likeness (QED) is 0.343. The van der Waals surface area contributed by atoms with Gasteiger partial charge in [-0.25, -0.2) is 17.6 Å². The topological polar surface area (TPSA) is 18.5 Å². The highest BCUT2D eigenvalue weighted by atomic mass is 19.2. The van der Waals surface area contributed by atoms with Crippen molar-refractivity contribution in [2.45, 2.75) is 83.8 Å². The first kappa shape index (κ1) is 26.2. The van der Waals surface area contributed by atoms with Crippen molar-refractivity contribution in [1.29, 1.82) is 0 Å². The molecule has 2 aliphatic rings. The van der Waals surface area contributed by atoms with E-state index in [1.807, 2.05) is 0 Å². The van der Waals surface area contributed by atoms with Crippen molar-refractivity contribution in [3.63, 3.8) is 0 Å². The summed E-state index contributed by atoms with van der Waals surface area (Å²) in [7, 11) is 0. The highest BCUT2D eigenvalue weighted by Gasteiger charge is 2.30. The molecule has 0 aliphatic carbocycles. The van der Waals surface area contributed by atoms with Crippen molar-refractivity contribution in [3.05, 3.63) is 58.7 Å². The van der Waals surface area contributed by atoms with Crippen molar-refractivity contribution >= 4 is 0 Å². The summed E-state index contributed by atoms with van der Waals surface area (Å²) in [6.45, 7) is 5.30. The van der Waals surface area contributed by atoms with E-state index in [1.165, 1.54) is 24.3 Å². The van der Waals surface area contributed by atoms with E-state index < -0.39 is 35.5 Å². The maximum absolute atomic E-state index is 15.1. The number of hydrogen-bond donors (Lipinski definition) is 0. The summed E-state index contributed by atoms with van der Waals surface area (Å²) in [5, 5.41) is 0. The van der Waals surface area contributed by atoms with Crippen molar-refractivity contribution in [2.75, 3.05) is 13.2 Å². The molecule has 0 amide bonds. The van der Waals surface area contributed by atoms with Crippen LogP contribution in [0, 0.1) is 35.1 Å². The summed E-state index contributed by atoms with van der Waals surface area (Å²) >= 11 is 0. The molecular formula is C29H36F4O2. The zero-order valence-electron chi connectivity index (χ0n) is 20.7. The molecule has 6 heteroatoms. The van der Waals surface area contributed by atoms with Gasteiger partial charge in [0.05, 0.1) is 25.4 Å². The molecule has 4 rings (SSSR count). The lowest BCUT2D eigenvalue weighted by atomic mass is 9.89. The Hall–Kier alpha value is -1.92. The normalized spacial score (nSPS) is 25.1. The molecule has 0 aromatic heterocycles. The first-order valence-electron chi connectivity index (χ1n) is 13.1. The van der Waals surface area contributed by atoms with E-state index in [0.717, 1.165) is 44.9 Å². The summed E-state index contributed by atoms with van der Waals surface area (Å²) in [6.07, 6.45) is 7.39. The second-order valence-electron chi connectivity index (χ2n) is 10.1. The zero-order valence-corrected chi connectivity index (χ0v) is 20.7. The molecule has 4 atom stereocenters. The van der Waals surface area contributed by atoms with Crippen LogP contribution in [0.2, 0.25) is 0 Å². The van der Waals surface area contributed by atoms with E-state index in [1.54, 1.807) is 0 Å². The minimum absolute atomic E-state index is 0.131. The average Bonchev–Trinajstić information content (AvgIpc) is 2.87. The minimum Gasteiger partial charge on any atom is -0.373 e. The molecular weight excluding hydrogens is 456 g/mol. The number of hydrogen-bond acceptors (Lipinski definition) is 2. The number of halogens is 4. The maximum atomic E-state index is 15.1. The summed E-state index contributed by atoms with van der Waals surface area (Å²) in [4.78, 5) is 0. The fourth-order valence-corrected chi connectivity index (χ4v) is 5.50. The predicted molar refractivity (Wildman–Crippen MR) is 129 cm³/mol. The van der Waals surface area contributed by atoms with Gasteiger partial charge in [-0.1, -0.05) is 57.4 Å². The summed E-state index contributed by atoms with van der Waals surface area (Å²) in [6, 6.07) is 5.52. The maximum Gasteiger partial charge on any atom is 0.167 e. The molecule has 0 N–H and O–H groups in total. The molecule has 4 unspecified atom stereocenters. The van der Waals surface area contributed by atoms with Crippen molar-refractivity contribution in [1.82, 2.24) is 0 Å². The van der Waals surface area contributed by atoms with Gasteiger partial charge in [-0.3, -0.25) is 0 Å². The molecule has 2 fully saturated rings. The van der Waals surface area contributed by atoms with Gasteiger partial charge in [0.2, 0.25) is 0 Å². The Morgan fingerprint density at radius 1 is 0.629 bits per heavy atom. The molecule has 2 aromatic carbocycles. The third kappa shape index (κ3) is 5.75. The van der Waals surface area contributed by atoms with Gasteiger partial charge in [-0.15, -0.1) is 0 Å². The number of benzene rings is 2. The Morgan fingerprint density at radius 3 is 1.51 bits per heavy atom. The summed E-state index contributed by atoms with van der Waals surface area (Å²) in [5.74, 6) is -3.59. The predicted octanol–water partition coefficient (Wildman–Crippen LogP) is 8.84. The van der Waals surface area contributed by atoms with Crippen LogP contribution < -0.4 is 0 Å². The van der Waals surface area contributed by atoms with Crippen molar-refractivity contribution in [2.24, 2.45) is 11.8 Å². The van der Waals surface area contributed by atoms with Crippen molar-refractivity contribution < 1.29 is 27.0 Å². The highest BCUT2D eigenvalue weighted by Crippen LogP contribution is 2.39. The second kappa shape index (κ2) is 11.9. The average molecular weight is 493 g/mol. The number of unbranched alkanes of at least 4 members (excludes halogenated alkanes) is 1. The molecule has 2 aromatic rings. The fourth-order valence-electron chi connectivity index (χ4n) is 5.50. The first-order valence-corrected chi connectivity index (χ1v) is 13.1. The molecule has 2 heterocycles. The van der Waals surface area contributed by atoms with Gasteiger partial charge in [0.15, 0.2) is 23.3 Å². The van der Waals surface area contributed by atoms with Gasteiger partial charge >= 0.3 is 0 Å². The standard InChI is InChI=1S/C29H36F4O2/c1-3-5-7-19-9-15-25(35-17-19)23-13-11-21(27(31)29(23)33)20-10-12-22(28(32)26(20)30)24-14-8-18(6-4-2)16-34-24/h10-13,18-19,24-25H,3-9,14-17H2,1-2H3. The Bertz CT molecular complexity index is 993. The van der Waals surface area contributed by atoms with Gasteiger partial charge in [0.25, 0.3) is 0 Å². The molecule has 192 valence electrons. The van der Waals surface area contributed by atoms with Gasteiger partial charge in [-0.2, -0.15) is 0 Å². The molecule has 2 saturated heterocycles. The van der Waals surface area contributed by atoms with Crippen LogP contribution in [-0.2, 0) is 9.47 Å². The number of rotatable bonds is 8. The SMILES string of the molecule is CCCCC1CCC(c2ccc(-c3ccc(C4CCC(CCC)CO4)c(F)c3F)c(F)c2F)OC1. The van der Waals surface area contributed by atoms with Crippen LogP contribution in [0.1, 0.15) is 95.0 Å². The second-order valence-corrected chi connectivity index (χ2v) is 10.1. The molecule has 0 bridgehead atoms. The van der Waals surface area contributed by atoms with E-state index in [2.05, 4.69) is 13.8 Å². The van der Waals surface area contributed by atoms with E-state index in [4.69, 9.17) is 9.47 Å². The lowest BCUT2D eigenvalue weighted by Gasteiger charge is -2.30. The van der Waals surface area contributed by atoms with Crippen LogP contribution in [0.4, 0.5) is 17.6 Å². The molecule has 0 spiro atoms. The zero-order chi connectivity index (χ0) is 24.9. The summed E-state index contributed by atoms with van der Waals surface area (Å²) < 4.78 is 71.9. The van der Waals surface area contributed by atoms with E-state index in [9.17, 15) is 0 Å². The lowest BCUT2D eigenvalue weighted by Crippen LogP contribution is -2.22. The van der Waals surface area contributed by atoms with Crippen LogP contribution in [0.3, 0.4) is 0 Å². The highest BCUT2D eigenvalue weighted by molar-refractivity contribution is 5.66. The van der Waals surface area contributed by atoms with E-state index in [0.29, 0.717) is 37.9 Å². The fraction of sp³-hybridized carbons (Fsp3) is 0.586. The minimum atomic E-state index is -1.18. The van der Waals surface area contributed by atoms with Crippen LogP contribution in [0.5, 0.6) is 0 Å². The monoisotopic (exact) mass is 492 g/mol. The largest absolute Gasteiger partial charge is 0.373 e. The Kier molecular flexibility index (Phi) is 8.87. The lowest BCUT2D eigenvalue weighted by molar-refractivity contribution is -0.0217. The van der Waals surface area contributed by atoms with Gasteiger partial charge in [-0.05, 0) is 50.4 Å². The molecule has 0 saturated carbocycles. The molecule has 2 aliphatic heterocycles. The Balaban J connectivity index is 1.50. The van der Waals surface area contributed by atoms with Crippen LogP contribution in [-0.4, -0.2) is 13.2 Å². The van der Waals surface area contributed by atoms with Gasteiger partial charge in [0.1, 0.15) is 0 Å². The van der Waals surface area contributed by atoms with Crippen molar-refractivity contribution in [3.8, 4) is 11.1 Å². The van der Waals surface area contributed by atoms with E-state index in [-0.39, 0.29) is 22.3 Å². The molecule has 35 heavy (non-hydrogen) atoms. The van der Waals surface area contributed by atoms with Crippen LogP contribution in [0.25, 0.3) is 11.1 Å². The number of ether oxygens (including phenoxy) is 2.